The Bertz CT molecular complexity index is 906. The van der Waals surface area contributed by atoms with Gasteiger partial charge in [-0.3, -0.25) is 5.10 Å². The summed E-state index contributed by atoms with van der Waals surface area (Å²) in [6.45, 7) is 6.46. The normalized spacial score (nSPS) is 20.8. The highest BCUT2D eigenvalue weighted by molar-refractivity contribution is 5.89. The second-order valence-electron chi connectivity index (χ2n) is 7.64. The summed E-state index contributed by atoms with van der Waals surface area (Å²) in [6.07, 6.45) is 3.93. The van der Waals surface area contributed by atoms with E-state index < -0.39 is 0 Å². The summed E-state index contributed by atoms with van der Waals surface area (Å²) in [7, 11) is 0. The molecule has 0 bridgehead atoms. The molecule has 2 atom stereocenters. The molecule has 0 spiro atoms. The maximum atomic E-state index is 6.37. The van der Waals surface area contributed by atoms with Crippen molar-refractivity contribution in [3.8, 4) is 11.4 Å². The maximum absolute atomic E-state index is 6.37. The highest BCUT2D eigenvalue weighted by Crippen LogP contribution is 2.28. The molecule has 3 aromatic rings. The summed E-state index contributed by atoms with van der Waals surface area (Å²) in [4.78, 5) is 11.6. The molecular weight excluding hydrogens is 324 g/mol. The van der Waals surface area contributed by atoms with Crippen LogP contribution in [-0.2, 0) is 0 Å². The Labute approximate surface area is 161 Å². The molecule has 0 aliphatic carbocycles. The Morgan fingerprint density at radius 2 is 2.19 bits per heavy atom. The van der Waals surface area contributed by atoms with Gasteiger partial charge in [-0.1, -0.05) is 19.9 Å². The molecule has 146 valence electrons. The lowest BCUT2D eigenvalue weighted by Gasteiger charge is -2.38. The third kappa shape index (κ3) is 3.29. The molecule has 4 heterocycles. The summed E-state index contributed by atoms with van der Waals surface area (Å²) in [6, 6.07) is 10.4. The largest absolute Gasteiger partial charge is 0.356 e. The van der Waals surface area contributed by atoms with Crippen molar-refractivity contribution in [1.29, 1.82) is 0 Å². The minimum atomic E-state index is 0. The van der Waals surface area contributed by atoms with Gasteiger partial charge in [-0.25, -0.2) is 9.97 Å². The zero-order chi connectivity index (χ0) is 18.1. The number of rotatable bonds is 4. The first kappa shape index (κ1) is 17.0. The van der Waals surface area contributed by atoms with E-state index in [1.165, 1.54) is 0 Å². The van der Waals surface area contributed by atoms with Crippen molar-refractivity contribution >= 4 is 16.9 Å². The fraction of sp³-hybridized carbons (Fsp3) is 0.450. The van der Waals surface area contributed by atoms with Gasteiger partial charge in [0.1, 0.15) is 5.82 Å². The number of H-pyrrole nitrogens is 1. The Morgan fingerprint density at radius 3 is 3.04 bits per heavy atom. The molecule has 26 heavy (non-hydrogen) atoms. The fourth-order valence-corrected chi connectivity index (χ4v) is 3.90. The fourth-order valence-electron chi connectivity index (χ4n) is 3.90. The number of nitrogens with zero attached hydrogens (tertiary/aromatic N) is 4. The van der Waals surface area contributed by atoms with Crippen LogP contribution in [0.15, 0.2) is 36.5 Å². The zero-order valence-electron chi connectivity index (χ0n) is 15.4. The van der Waals surface area contributed by atoms with Crippen LogP contribution in [0.2, 0.25) is 0 Å². The number of nitrogens with one attached hydrogen (secondary N) is 1. The topological polar surface area (TPSA) is 83.7 Å². The molecule has 6 nitrogen and oxygen atoms in total. The molecule has 0 unspecified atom stereocenters. The highest BCUT2D eigenvalue weighted by Gasteiger charge is 2.28. The number of pyridine rings is 2. The van der Waals surface area contributed by atoms with Crippen LogP contribution in [0.1, 0.15) is 33.8 Å². The van der Waals surface area contributed by atoms with Crippen LogP contribution in [0, 0.1) is 11.8 Å². The predicted octanol–water partition coefficient (Wildman–Crippen LogP) is 4.45. The number of aromatic nitrogens is 4. The highest BCUT2D eigenvalue weighted by atomic mass is 15.2. The summed E-state index contributed by atoms with van der Waals surface area (Å²) < 4.78 is 0. The van der Waals surface area contributed by atoms with Crippen molar-refractivity contribution in [2.45, 2.75) is 32.7 Å². The quantitative estimate of drug-likeness (QED) is 0.718. The lowest BCUT2D eigenvalue weighted by atomic mass is 9.86. The molecule has 0 amide bonds. The van der Waals surface area contributed by atoms with E-state index >= 15 is 0 Å². The molecule has 1 saturated heterocycles. The molecule has 0 saturated carbocycles. The molecule has 3 aromatic heterocycles. The molecule has 0 aromatic carbocycles. The first-order chi connectivity index (χ1) is 12.6. The number of hydrogen-bond donors (Lipinski definition) is 2. The van der Waals surface area contributed by atoms with Crippen LogP contribution in [0.4, 0.5) is 5.82 Å². The summed E-state index contributed by atoms with van der Waals surface area (Å²) in [5.41, 5.74) is 8.90. The predicted molar refractivity (Wildman–Crippen MR) is 115 cm³/mol. The van der Waals surface area contributed by atoms with Gasteiger partial charge in [-0.05, 0) is 48.9 Å². The monoisotopic (exact) mass is 360 g/mol. The van der Waals surface area contributed by atoms with Gasteiger partial charge >= 0.3 is 0 Å². The van der Waals surface area contributed by atoms with E-state index in [2.05, 4.69) is 46.1 Å². The lowest BCUT2D eigenvalue weighted by molar-refractivity contribution is 0.303. The van der Waals surface area contributed by atoms with E-state index in [1.54, 1.807) is 6.20 Å². The van der Waals surface area contributed by atoms with Gasteiger partial charge in [-0.15, -0.1) is 0 Å². The molecule has 1 fully saturated rings. The number of hydrogen-bond acceptors (Lipinski definition) is 5. The second-order valence-corrected chi connectivity index (χ2v) is 7.64. The summed E-state index contributed by atoms with van der Waals surface area (Å²) in [5.74, 6) is 2.19. The maximum Gasteiger partial charge on any atom is 0.181 e. The third-order valence-electron chi connectivity index (χ3n) is 5.21. The first-order valence-electron chi connectivity index (χ1n) is 9.39. The van der Waals surface area contributed by atoms with E-state index in [0.29, 0.717) is 17.9 Å². The SMILES string of the molecule is CC(C)C[C@H]1CN(c2cccc(-c3[nH]nc4ncccc34)n2)CC[C@H]1N.[HH].[HH].[HH].[HH].[HH]. The van der Waals surface area contributed by atoms with E-state index in [0.717, 1.165) is 54.2 Å². The number of fused-ring (bicyclic) bond motifs is 1. The number of aromatic amines is 1. The van der Waals surface area contributed by atoms with Gasteiger partial charge in [0.2, 0.25) is 0 Å². The van der Waals surface area contributed by atoms with Crippen LogP contribution in [-0.4, -0.2) is 39.3 Å². The van der Waals surface area contributed by atoms with Crippen LogP contribution >= 0.6 is 0 Å². The first-order valence-corrected chi connectivity index (χ1v) is 9.39. The van der Waals surface area contributed by atoms with Gasteiger partial charge in [0, 0.05) is 37.8 Å². The Morgan fingerprint density at radius 1 is 1.31 bits per heavy atom. The van der Waals surface area contributed by atoms with Crippen molar-refractivity contribution in [2.75, 3.05) is 18.0 Å². The van der Waals surface area contributed by atoms with E-state index in [9.17, 15) is 0 Å². The van der Waals surface area contributed by atoms with Crippen LogP contribution in [0.5, 0.6) is 0 Å². The van der Waals surface area contributed by atoms with Crippen molar-refractivity contribution < 1.29 is 7.13 Å². The minimum Gasteiger partial charge on any atom is -0.356 e. The Kier molecular flexibility index (Phi) is 4.59. The van der Waals surface area contributed by atoms with Crippen molar-refractivity contribution in [1.82, 2.24) is 20.2 Å². The second kappa shape index (κ2) is 7.03. The molecular formula is C20H36N6. The lowest BCUT2D eigenvalue weighted by Crippen LogP contribution is -2.47. The van der Waals surface area contributed by atoms with Crippen molar-refractivity contribution in [2.24, 2.45) is 17.6 Å². The smallest absolute Gasteiger partial charge is 0.181 e. The summed E-state index contributed by atoms with van der Waals surface area (Å²) in [5, 5.41) is 8.37. The molecule has 4 rings (SSSR count). The van der Waals surface area contributed by atoms with Crippen LogP contribution in [0.3, 0.4) is 0 Å². The van der Waals surface area contributed by atoms with Crippen molar-refractivity contribution in [3.63, 3.8) is 0 Å². The van der Waals surface area contributed by atoms with Gasteiger partial charge in [-0.2, -0.15) is 5.10 Å². The number of nitrogens with two attached hydrogens (primary N) is 1. The zero-order valence-corrected chi connectivity index (χ0v) is 15.4. The van der Waals surface area contributed by atoms with Crippen LogP contribution < -0.4 is 10.6 Å². The molecule has 1 aliphatic heterocycles. The van der Waals surface area contributed by atoms with Gasteiger partial charge in [0.25, 0.3) is 0 Å². The van der Waals surface area contributed by atoms with Gasteiger partial charge in [0.05, 0.1) is 11.4 Å². The van der Waals surface area contributed by atoms with Crippen molar-refractivity contribution in [3.05, 3.63) is 36.5 Å². The van der Waals surface area contributed by atoms with E-state index in [-0.39, 0.29) is 7.13 Å². The van der Waals surface area contributed by atoms with Gasteiger partial charge < -0.3 is 10.6 Å². The summed E-state index contributed by atoms with van der Waals surface area (Å²) >= 11 is 0. The molecule has 6 heteroatoms. The van der Waals surface area contributed by atoms with Gasteiger partial charge in [0.15, 0.2) is 5.65 Å². The Hall–Kier alpha value is -2.47. The Balaban J connectivity index is 0. The molecule has 0 radical (unpaired) electrons. The standard InChI is InChI=1S/C20H26N6.5H2/c1-13(2)11-14-12-26(10-8-16(14)21)18-7-3-6-17(23-18)19-15-5-4-9-22-20(15)25-24-19;;;;;/h3-7,9,13-14,16H,8,10-12,21H2,1-2H3,(H,22,24,25);5*1H/t14-,16+;;;;;/m0...../s1. The number of anilines is 1. The molecule has 1 aliphatic rings. The third-order valence-corrected chi connectivity index (χ3v) is 5.21. The minimum absolute atomic E-state index is 0. The number of piperidine rings is 1. The van der Waals surface area contributed by atoms with E-state index in [1.807, 2.05) is 18.2 Å². The van der Waals surface area contributed by atoms with Crippen LogP contribution in [0.25, 0.3) is 22.4 Å². The average molecular weight is 361 g/mol. The average Bonchev–Trinajstić information content (AvgIpc) is 3.07. The van der Waals surface area contributed by atoms with E-state index in [4.69, 9.17) is 10.7 Å². The molecule has 3 N–H and O–H groups in total.